The normalized spacial score (nSPS) is 32.8. The molecule has 2 saturated carbocycles. The molecule has 3 rings (SSSR count). The summed E-state index contributed by atoms with van der Waals surface area (Å²) in [5.41, 5.74) is 1.33. The highest BCUT2D eigenvalue weighted by molar-refractivity contribution is 5.27. The molecule has 1 unspecified atom stereocenters. The maximum atomic E-state index is 12.3. The Morgan fingerprint density at radius 2 is 1.57 bits per heavy atom. The zero-order valence-corrected chi connectivity index (χ0v) is 18.8. The fourth-order valence-corrected chi connectivity index (χ4v) is 5.98. The van der Waals surface area contributed by atoms with Crippen molar-refractivity contribution < 1.29 is 17.9 Å². The van der Waals surface area contributed by atoms with Gasteiger partial charge in [0.05, 0.1) is 6.10 Å². The van der Waals surface area contributed by atoms with Gasteiger partial charge in [0.1, 0.15) is 6.61 Å². The molecule has 0 aromatic heterocycles. The summed E-state index contributed by atoms with van der Waals surface area (Å²) >= 11 is 0. The highest BCUT2D eigenvalue weighted by Gasteiger charge is 2.32. The Kier molecular flexibility index (Phi) is 9.34. The van der Waals surface area contributed by atoms with Crippen LogP contribution in [0, 0.1) is 23.7 Å². The average Bonchev–Trinajstić information content (AvgIpc) is 2.76. The highest BCUT2D eigenvalue weighted by atomic mass is 19.4. The molecule has 0 saturated heterocycles. The molecule has 30 heavy (non-hydrogen) atoms. The second-order valence-corrected chi connectivity index (χ2v) is 10.0. The Bertz CT molecular complexity index is 549. The van der Waals surface area contributed by atoms with Crippen LogP contribution >= 0.6 is 0 Å². The zero-order chi connectivity index (χ0) is 21.4. The van der Waals surface area contributed by atoms with Gasteiger partial charge in [-0.1, -0.05) is 70.1 Å². The van der Waals surface area contributed by atoms with Crippen molar-refractivity contribution in [1.29, 1.82) is 0 Å². The van der Waals surface area contributed by atoms with Gasteiger partial charge in [-0.2, -0.15) is 13.2 Å². The molecular weight excluding hydrogens is 385 g/mol. The smallest absolute Gasteiger partial charge is 0.364 e. The van der Waals surface area contributed by atoms with Crippen molar-refractivity contribution in [3.05, 3.63) is 23.8 Å². The third kappa shape index (κ3) is 7.73. The summed E-state index contributed by atoms with van der Waals surface area (Å²) < 4.78 is 41.9. The van der Waals surface area contributed by atoms with Gasteiger partial charge in [0.15, 0.2) is 0 Å². The van der Waals surface area contributed by atoms with Crippen molar-refractivity contribution >= 4 is 0 Å². The Hall–Kier alpha value is -0.770. The molecule has 1 atom stereocenters. The molecule has 0 amide bonds. The molecular formula is C26H41F3O. The summed E-state index contributed by atoms with van der Waals surface area (Å²) in [6.07, 6.45) is 19.8. The van der Waals surface area contributed by atoms with Crippen molar-refractivity contribution in [2.45, 2.75) is 109 Å². The molecule has 172 valence electrons. The van der Waals surface area contributed by atoms with Crippen LogP contribution in [0.4, 0.5) is 13.2 Å². The fourth-order valence-electron chi connectivity index (χ4n) is 5.98. The van der Waals surface area contributed by atoms with Crippen LogP contribution in [0.3, 0.4) is 0 Å². The SMILES string of the molecule is CCCCCC[C@H]1CC[C@H](C2CCC(C3=CCC(OCC(F)(F)F)C=C3)CC2)CC1. The van der Waals surface area contributed by atoms with Crippen LogP contribution in [-0.4, -0.2) is 18.9 Å². The van der Waals surface area contributed by atoms with Gasteiger partial charge in [-0.3, -0.25) is 0 Å². The molecule has 0 bridgehead atoms. The van der Waals surface area contributed by atoms with E-state index in [0.717, 1.165) is 17.8 Å². The molecule has 4 heteroatoms. The summed E-state index contributed by atoms with van der Waals surface area (Å²) in [6.45, 7) is 1.13. The maximum absolute atomic E-state index is 12.3. The van der Waals surface area contributed by atoms with Gasteiger partial charge in [0, 0.05) is 0 Å². The van der Waals surface area contributed by atoms with Crippen LogP contribution in [0.15, 0.2) is 23.8 Å². The average molecular weight is 427 g/mol. The second kappa shape index (κ2) is 11.7. The van der Waals surface area contributed by atoms with Crippen molar-refractivity contribution in [1.82, 2.24) is 0 Å². The molecule has 0 aliphatic heterocycles. The third-order valence-corrected chi connectivity index (χ3v) is 7.82. The van der Waals surface area contributed by atoms with Crippen molar-refractivity contribution in [2.24, 2.45) is 23.7 Å². The predicted molar refractivity (Wildman–Crippen MR) is 117 cm³/mol. The molecule has 0 radical (unpaired) electrons. The van der Waals surface area contributed by atoms with Gasteiger partial charge in [0.25, 0.3) is 0 Å². The summed E-state index contributed by atoms with van der Waals surface area (Å²) in [4.78, 5) is 0. The number of allylic oxidation sites excluding steroid dienone is 2. The van der Waals surface area contributed by atoms with E-state index in [1.807, 2.05) is 12.2 Å². The van der Waals surface area contributed by atoms with Crippen molar-refractivity contribution in [2.75, 3.05) is 6.61 Å². The van der Waals surface area contributed by atoms with E-state index in [2.05, 4.69) is 13.0 Å². The fraction of sp³-hybridized carbons (Fsp3) is 0.846. The lowest BCUT2D eigenvalue weighted by Crippen LogP contribution is -2.27. The topological polar surface area (TPSA) is 9.23 Å². The first-order valence-corrected chi connectivity index (χ1v) is 12.5. The molecule has 3 aliphatic rings. The molecule has 0 N–H and O–H groups in total. The maximum Gasteiger partial charge on any atom is 0.411 e. The second-order valence-electron chi connectivity index (χ2n) is 10.0. The minimum Gasteiger partial charge on any atom is -0.364 e. The molecule has 1 nitrogen and oxygen atoms in total. The standard InChI is InChI=1S/C26H41F3O/c1-2-3-4-5-6-20-7-9-21(10-8-20)22-11-13-23(14-12-22)24-15-17-25(18-16-24)30-19-26(27,28)29/h15-17,20-23,25H,2-14,18-19H2,1H3/t20-,21-,22?,23?,25?. The molecule has 0 aromatic rings. The van der Waals surface area contributed by atoms with E-state index in [9.17, 15) is 13.2 Å². The Morgan fingerprint density at radius 1 is 0.900 bits per heavy atom. The number of unbranched alkanes of at least 4 members (excludes halogenated alkanes) is 3. The first-order chi connectivity index (χ1) is 14.4. The number of hydrogen-bond donors (Lipinski definition) is 0. The summed E-state index contributed by atoms with van der Waals surface area (Å²) in [6, 6.07) is 0. The van der Waals surface area contributed by atoms with Gasteiger partial charge in [0.2, 0.25) is 0 Å². The van der Waals surface area contributed by atoms with Gasteiger partial charge in [-0.05, 0) is 74.2 Å². The monoisotopic (exact) mass is 426 g/mol. The van der Waals surface area contributed by atoms with Crippen LogP contribution in [-0.2, 0) is 4.74 Å². The Labute approximate surface area is 181 Å². The summed E-state index contributed by atoms with van der Waals surface area (Å²) in [5.74, 6) is 3.42. The van der Waals surface area contributed by atoms with E-state index < -0.39 is 18.9 Å². The zero-order valence-electron chi connectivity index (χ0n) is 18.8. The molecule has 0 aromatic carbocycles. The number of ether oxygens (including phenoxy) is 1. The summed E-state index contributed by atoms with van der Waals surface area (Å²) in [5, 5.41) is 0. The van der Waals surface area contributed by atoms with E-state index in [1.54, 1.807) is 0 Å². The molecule has 0 spiro atoms. The van der Waals surface area contributed by atoms with Gasteiger partial charge < -0.3 is 4.74 Å². The number of rotatable bonds is 9. The lowest BCUT2D eigenvalue weighted by molar-refractivity contribution is -0.180. The van der Waals surface area contributed by atoms with Crippen LogP contribution < -0.4 is 0 Å². The van der Waals surface area contributed by atoms with E-state index >= 15 is 0 Å². The highest BCUT2D eigenvalue weighted by Crippen LogP contribution is 2.44. The Morgan fingerprint density at radius 3 is 2.13 bits per heavy atom. The minimum absolute atomic E-state index is 0.427. The number of alkyl halides is 3. The van der Waals surface area contributed by atoms with Gasteiger partial charge in [-0.15, -0.1) is 0 Å². The molecule has 3 aliphatic carbocycles. The predicted octanol–water partition coefficient (Wildman–Crippen LogP) is 8.40. The van der Waals surface area contributed by atoms with Crippen LogP contribution in [0.25, 0.3) is 0 Å². The van der Waals surface area contributed by atoms with E-state index in [-0.39, 0.29) is 0 Å². The first kappa shape index (κ1) is 23.9. The van der Waals surface area contributed by atoms with Gasteiger partial charge in [-0.25, -0.2) is 0 Å². The van der Waals surface area contributed by atoms with E-state index in [0.29, 0.717) is 12.3 Å². The number of halogens is 3. The van der Waals surface area contributed by atoms with Gasteiger partial charge >= 0.3 is 6.18 Å². The third-order valence-electron chi connectivity index (χ3n) is 7.82. The quantitative estimate of drug-likeness (QED) is 0.336. The van der Waals surface area contributed by atoms with E-state index in [1.165, 1.54) is 89.0 Å². The van der Waals surface area contributed by atoms with Crippen molar-refractivity contribution in [3.63, 3.8) is 0 Å². The Balaban J connectivity index is 1.33. The summed E-state index contributed by atoms with van der Waals surface area (Å²) in [7, 11) is 0. The molecule has 2 fully saturated rings. The van der Waals surface area contributed by atoms with Crippen molar-refractivity contribution in [3.8, 4) is 0 Å². The largest absolute Gasteiger partial charge is 0.411 e. The van der Waals surface area contributed by atoms with Crippen LogP contribution in [0.2, 0.25) is 0 Å². The van der Waals surface area contributed by atoms with E-state index in [4.69, 9.17) is 4.74 Å². The van der Waals surface area contributed by atoms with Crippen LogP contribution in [0.5, 0.6) is 0 Å². The molecule has 0 heterocycles. The van der Waals surface area contributed by atoms with Crippen LogP contribution in [0.1, 0.15) is 96.8 Å². The number of hydrogen-bond acceptors (Lipinski definition) is 1. The lowest BCUT2D eigenvalue weighted by Gasteiger charge is -2.38. The first-order valence-electron chi connectivity index (χ1n) is 12.5. The minimum atomic E-state index is -4.25. The lowest BCUT2D eigenvalue weighted by atomic mass is 9.67.